The molecule has 2 heteroatoms. The molecule has 1 amide bonds. The van der Waals surface area contributed by atoms with Gasteiger partial charge in [0, 0.05) is 13.5 Å². The number of aryl methyl sites for hydroxylation is 1. The fourth-order valence-electron chi connectivity index (χ4n) is 1.12. The zero-order chi connectivity index (χ0) is 11.7. The van der Waals surface area contributed by atoms with Crippen LogP contribution in [0.1, 0.15) is 38.8 Å². The molecule has 0 radical (unpaired) electrons. The number of carbonyl (C=O) groups is 1. The molecule has 0 unspecified atom stereocenters. The first-order valence-corrected chi connectivity index (χ1v) is 5.54. The molecular weight excluding hydrogens is 186 g/mol. The van der Waals surface area contributed by atoms with Gasteiger partial charge in [-0.3, -0.25) is 4.79 Å². The van der Waals surface area contributed by atoms with Crippen molar-refractivity contribution in [3.05, 3.63) is 35.4 Å². The highest BCUT2D eigenvalue weighted by Crippen LogP contribution is 2.04. The second kappa shape index (κ2) is 8.04. The third kappa shape index (κ3) is 5.89. The van der Waals surface area contributed by atoms with Crippen LogP contribution in [0.25, 0.3) is 0 Å². The molecule has 0 saturated heterocycles. The lowest BCUT2D eigenvalue weighted by Gasteiger charge is -2.02. The van der Waals surface area contributed by atoms with E-state index in [2.05, 4.69) is 36.5 Å². The van der Waals surface area contributed by atoms with Crippen molar-refractivity contribution in [2.75, 3.05) is 0 Å². The molecule has 0 aliphatic heterocycles. The Bertz CT molecular complexity index is 277. The van der Waals surface area contributed by atoms with Gasteiger partial charge in [-0.15, -0.1) is 0 Å². The number of carbonyl (C=O) groups excluding carboxylic acids is 1. The van der Waals surface area contributed by atoms with Gasteiger partial charge >= 0.3 is 0 Å². The molecule has 0 aromatic heterocycles. The van der Waals surface area contributed by atoms with E-state index in [4.69, 9.17) is 0 Å². The van der Waals surface area contributed by atoms with Gasteiger partial charge < -0.3 is 5.32 Å². The van der Waals surface area contributed by atoms with Gasteiger partial charge in [0.05, 0.1) is 0 Å². The van der Waals surface area contributed by atoms with Crippen LogP contribution in [0.3, 0.4) is 0 Å². The summed E-state index contributed by atoms with van der Waals surface area (Å²) in [6.07, 6.45) is 1.06. The van der Waals surface area contributed by atoms with Gasteiger partial charge in [-0.05, 0) is 17.5 Å². The molecule has 1 aromatic carbocycles. The molecular formula is C13H21NO. The first kappa shape index (κ1) is 13.7. The maximum absolute atomic E-state index is 10.6. The fourth-order valence-corrected chi connectivity index (χ4v) is 1.12. The van der Waals surface area contributed by atoms with E-state index in [1.807, 2.05) is 13.8 Å². The van der Waals surface area contributed by atoms with Gasteiger partial charge in [0.15, 0.2) is 0 Å². The van der Waals surface area contributed by atoms with Crippen LogP contribution in [0.15, 0.2) is 24.3 Å². The second-order valence-electron chi connectivity index (χ2n) is 3.08. The largest absolute Gasteiger partial charge is 0.352 e. The highest BCUT2D eigenvalue weighted by molar-refractivity contribution is 5.72. The first-order valence-electron chi connectivity index (χ1n) is 5.54. The van der Waals surface area contributed by atoms with Gasteiger partial charge in [-0.1, -0.05) is 45.0 Å². The van der Waals surface area contributed by atoms with Gasteiger partial charge in [0.25, 0.3) is 0 Å². The molecule has 0 aliphatic rings. The van der Waals surface area contributed by atoms with Crippen LogP contribution in [0.5, 0.6) is 0 Å². The normalized spacial score (nSPS) is 8.80. The highest BCUT2D eigenvalue weighted by atomic mass is 16.1. The van der Waals surface area contributed by atoms with Crippen molar-refractivity contribution in [3.8, 4) is 0 Å². The Balaban J connectivity index is 0.000000921. The third-order valence-electron chi connectivity index (χ3n) is 1.97. The lowest BCUT2D eigenvalue weighted by Crippen LogP contribution is -2.18. The van der Waals surface area contributed by atoms with Gasteiger partial charge in [-0.2, -0.15) is 0 Å². The minimum Gasteiger partial charge on any atom is -0.352 e. The van der Waals surface area contributed by atoms with E-state index in [9.17, 15) is 4.79 Å². The van der Waals surface area contributed by atoms with Crippen LogP contribution in [0, 0.1) is 0 Å². The van der Waals surface area contributed by atoms with Gasteiger partial charge in [0.1, 0.15) is 0 Å². The third-order valence-corrected chi connectivity index (χ3v) is 1.97. The molecule has 1 rings (SSSR count). The standard InChI is InChI=1S/C11H15NO.C2H6/c1-3-10-4-6-11(7-5-10)8-12-9(2)13;1-2/h4-7H,3,8H2,1-2H3,(H,12,13);1-2H3. The lowest BCUT2D eigenvalue weighted by atomic mass is 10.1. The molecule has 0 fully saturated rings. The summed E-state index contributed by atoms with van der Waals surface area (Å²) in [5, 5.41) is 2.76. The minimum atomic E-state index is 0.0135. The summed E-state index contributed by atoms with van der Waals surface area (Å²) >= 11 is 0. The molecule has 84 valence electrons. The quantitative estimate of drug-likeness (QED) is 0.811. The maximum Gasteiger partial charge on any atom is 0.217 e. The molecule has 1 aromatic rings. The van der Waals surface area contributed by atoms with E-state index in [0.29, 0.717) is 6.54 Å². The minimum absolute atomic E-state index is 0.0135. The number of rotatable bonds is 3. The predicted octanol–water partition coefficient (Wildman–Crippen LogP) is 2.91. The van der Waals surface area contributed by atoms with Crippen LogP contribution in [-0.4, -0.2) is 5.91 Å². The summed E-state index contributed by atoms with van der Waals surface area (Å²) in [7, 11) is 0. The molecule has 15 heavy (non-hydrogen) atoms. The maximum atomic E-state index is 10.6. The average Bonchev–Trinajstić information content (AvgIpc) is 2.30. The number of hydrogen-bond donors (Lipinski definition) is 1. The molecule has 0 atom stereocenters. The number of amides is 1. The molecule has 0 heterocycles. The Kier molecular flexibility index (Phi) is 7.33. The fraction of sp³-hybridized carbons (Fsp3) is 0.462. The number of benzene rings is 1. The average molecular weight is 207 g/mol. The Morgan fingerprint density at radius 3 is 2.00 bits per heavy atom. The Morgan fingerprint density at radius 1 is 1.13 bits per heavy atom. The van der Waals surface area contributed by atoms with Crippen LogP contribution in [0.4, 0.5) is 0 Å². The highest BCUT2D eigenvalue weighted by Gasteiger charge is 1.94. The van der Waals surface area contributed by atoms with E-state index in [0.717, 1.165) is 12.0 Å². The predicted molar refractivity (Wildman–Crippen MR) is 64.7 cm³/mol. The molecule has 0 saturated carbocycles. The van der Waals surface area contributed by atoms with Crippen molar-refractivity contribution in [1.82, 2.24) is 5.32 Å². The van der Waals surface area contributed by atoms with Gasteiger partial charge in [0.2, 0.25) is 5.91 Å². The number of hydrogen-bond acceptors (Lipinski definition) is 1. The summed E-state index contributed by atoms with van der Waals surface area (Å²) in [6.45, 7) is 8.28. The summed E-state index contributed by atoms with van der Waals surface area (Å²) in [6, 6.07) is 8.29. The van der Waals surface area contributed by atoms with Gasteiger partial charge in [-0.25, -0.2) is 0 Å². The first-order chi connectivity index (χ1) is 7.22. The monoisotopic (exact) mass is 207 g/mol. The van der Waals surface area contributed by atoms with Crippen LogP contribution in [0.2, 0.25) is 0 Å². The van der Waals surface area contributed by atoms with E-state index in [1.165, 1.54) is 12.5 Å². The van der Waals surface area contributed by atoms with E-state index in [-0.39, 0.29) is 5.91 Å². The van der Waals surface area contributed by atoms with Crippen LogP contribution >= 0.6 is 0 Å². The van der Waals surface area contributed by atoms with Crippen molar-refractivity contribution in [2.45, 2.75) is 40.7 Å². The molecule has 0 spiro atoms. The zero-order valence-electron chi connectivity index (χ0n) is 10.1. The second-order valence-corrected chi connectivity index (χ2v) is 3.08. The van der Waals surface area contributed by atoms with Crippen molar-refractivity contribution >= 4 is 5.91 Å². The van der Waals surface area contributed by atoms with E-state index >= 15 is 0 Å². The van der Waals surface area contributed by atoms with Crippen molar-refractivity contribution in [3.63, 3.8) is 0 Å². The van der Waals surface area contributed by atoms with E-state index in [1.54, 1.807) is 0 Å². The molecule has 2 nitrogen and oxygen atoms in total. The Morgan fingerprint density at radius 2 is 1.60 bits per heavy atom. The SMILES string of the molecule is CC.CCc1ccc(CNC(C)=O)cc1. The molecule has 0 bridgehead atoms. The summed E-state index contributed by atoms with van der Waals surface area (Å²) in [5.74, 6) is 0.0135. The lowest BCUT2D eigenvalue weighted by molar-refractivity contribution is -0.119. The molecule has 0 aliphatic carbocycles. The smallest absolute Gasteiger partial charge is 0.217 e. The Hall–Kier alpha value is -1.31. The number of nitrogens with one attached hydrogen (secondary N) is 1. The van der Waals surface area contributed by atoms with Crippen LogP contribution < -0.4 is 5.32 Å². The van der Waals surface area contributed by atoms with Crippen LogP contribution in [-0.2, 0) is 17.8 Å². The van der Waals surface area contributed by atoms with E-state index < -0.39 is 0 Å². The molecule has 1 N–H and O–H groups in total. The summed E-state index contributed by atoms with van der Waals surface area (Å²) in [4.78, 5) is 10.6. The Labute approximate surface area is 92.7 Å². The van der Waals surface area contributed by atoms with Crippen molar-refractivity contribution in [1.29, 1.82) is 0 Å². The summed E-state index contributed by atoms with van der Waals surface area (Å²) in [5.41, 5.74) is 2.47. The summed E-state index contributed by atoms with van der Waals surface area (Å²) < 4.78 is 0. The van der Waals surface area contributed by atoms with Crippen molar-refractivity contribution in [2.24, 2.45) is 0 Å². The van der Waals surface area contributed by atoms with Crippen molar-refractivity contribution < 1.29 is 4.79 Å². The topological polar surface area (TPSA) is 29.1 Å². The zero-order valence-corrected chi connectivity index (χ0v) is 10.1.